The minimum atomic E-state index is -0.967. The minimum absolute atomic E-state index is 0.0954. The molecule has 0 saturated carbocycles. The maximum Gasteiger partial charge on any atom is 0.335 e. The molecule has 0 aliphatic carbocycles. The first-order valence-electron chi connectivity index (χ1n) is 7.85. The quantitative estimate of drug-likeness (QED) is 0.533. The van der Waals surface area contributed by atoms with E-state index < -0.39 is 5.97 Å². The van der Waals surface area contributed by atoms with E-state index in [1.807, 2.05) is 54.6 Å². The number of ketones is 1. The Morgan fingerprint density at radius 3 is 1.84 bits per heavy atom. The summed E-state index contributed by atoms with van der Waals surface area (Å²) < 4.78 is 0. The van der Waals surface area contributed by atoms with Gasteiger partial charge in [0.15, 0.2) is 5.78 Å². The number of carboxylic acid groups (broad SMARTS) is 1. The van der Waals surface area contributed by atoms with Crippen molar-refractivity contribution in [3.05, 3.63) is 102 Å². The molecule has 0 spiro atoms. The van der Waals surface area contributed by atoms with E-state index in [1.165, 1.54) is 18.2 Å². The molecule has 0 aliphatic rings. The van der Waals surface area contributed by atoms with Crippen LogP contribution < -0.4 is 0 Å². The molecule has 25 heavy (non-hydrogen) atoms. The van der Waals surface area contributed by atoms with Crippen molar-refractivity contribution < 1.29 is 14.7 Å². The van der Waals surface area contributed by atoms with Crippen LogP contribution in [0, 0.1) is 0 Å². The molecule has 122 valence electrons. The van der Waals surface area contributed by atoms with Crippen molar-refractivity contribution in [3.63, 3.8) is 0 Å². The summed E-state index contributed by atoms with van der Waals surface area (Å²) in [6, 6.07) is 23.8. The third-order valence-electron chi connectivity index (χ3n) is 3.86. The zero-order valence-electron chi connectivity index (χ0n) is 13.4. The van der Waals surface area contributed by atoms with Gasteiger partial charge in [0.1, 0.15) is 0 Å². The summed E-state index contributed by atoms with van der Waals surface area (Å²) >= 11 is 0. The van der Waals surface area contributed by atoms with E-state index in [0.717, 1.165) is 16.7 Å². The average molecular weight is 328 g/mol. The summed E-state index contributed by atoms with van der Waals surface area (Å²) in [6.45, 7) is 0. The molecule has 1 N–H and O–H groups in total. The third-order valence-corrected chi connectivity index (χ3v) is 3.86. The third kappa shape index (κ3) is 4.09. The Morgan fingerprint density at radius 2 is 1.24 bits per heavy atom. The predicted octanol–water partition coefficient (Wildman–Crippen LogP) is 4.95. The number of hydrogen-bond acceptors (Lipinski definition) is 2. The lowest BCUT2D eigenvalue weighted by Crippen LogP contribution is -1.95. The molecule has 0 unspecified atom stereocenters. The molecule has 0 fully saturated rings. The molecular weight excluding hydrogens is 312 g/mol. The molecule has 0 amide bonds. The van der Waals surface area contributed by atoms with Crippen LogP contribution in [0.15, 0.2) is 84.9 Å². The maximum atomic E-state index is 12.3. The van der Waals surface area contributed by atoms with Crippen LogP contribution in [0.1, 0.15) is 26.3 Å². The highest BCUT2D eigenvalue weighted by atomic mass is 16.4. The molecular formula is C22H16O3. The molecule has 0 aromatic heterocycles. The zero-order chi connectivity index (χ0) is 17.6. The van der Waals surface area contributed by atoms with E-state index in [-0.39, 0.29) is 11.3 Å². The summed E-state index contributed by atoms with van der Waals surface area (Å²) in [5.41, 5.74) is 3.78. The number of carbonyl (C=O) groups excluding carboxylic acids is 1. The molecule has 3 aromatic rings. The van der Waals surface area contributed by atoms with Crippen molar-refractivity contribution in [1.29, 1.82) is 0 Å². The van der Waals surface area contributed by atoms with Gasteiger partial charge in [-0.05, 0) is 34.9 Å². The topological polar surface area (TPSA) is 54.4 Å². The summed E-state index contributed by atoms with van der Waals surface area (Å²) in [5, 5.41) is 8.88. The Kier molecular flexibility index (Phi) is 4.86. The van der Waals surface area contributed by atoms with E-state index in [9.17, 15) is 9.59 Å². The van der Waals surface area contributed by atoms with E-state index in [1.54, 1.807) is 18.2 Å². The Balaban J connectivity index is 1.71. The normalized spacial score (nSPS) is 10.7. The molecule has 0 aliphatic heterocycles. The van der Waals surface area contributed by atoms with Crippen LogP contribution in [-0.4, -0.2) is 16.9 Å². The zero-order valence-corrected chi connectivity index (χ0v) is 13.4. The Morgan fingerprint density at radius 1 is 0.680 bits per heavy atom. The van der Waals surface area contributed by atoms with E-state index >= 15 is 0 Å². The first-order chi connectivity index (χ1) is 12.1. The summed E-state index contributed by atoms with van der Waals surface area (Å²) in [5.74, 6) is -1.06. The fourth-order valence-electron chi connectivity index (χ4n) is 2.46. The van der Waals surface area contributed by atoms with E-state index in [4.69, 9.17) is 5.11 Å². The Hall–Kier alpha value is -3.46. The minimum Gasteiger partial charge on any atom is -0.478 e. The predicted molar refractivity (Wildman–Crippen MR) is 98.6 cm³/mol. The van der Waals surface area contributed by atoms with Gasteiger partial charge in [-0.2, -0.15) is 0 Å². The van der Waals surface area contributed by atoms with Crippen molar-refractivity contribution in [2.75, 3.05) is 0 Å². The number of carbonyl (C=O) groups is 2. The molecule has 3 heteroatoms. The van der Waals surface area contributed by atoms with Crippen LogP contribution in [0.3, 0.4) is 0 Å². The number of rotatable bonds is 5. The summed E-state index contributed by atoms with van der Waals surface area (Å²) in [6.07, 6.45) is 3.17. The van der Waals surface area contributed by atoms with Gasteiger partial charge in [0, 0.05) is 5.56 Å². The van der Waals surface area contributed by atoms with Gasteiger partial charge in [-0.1, -0.05) is 72.8 Å². The maximum absolute atomic E-state index is 12.3. The first-order valence-corrected chi connectivity index (χ1v) is 7.85. The van der Waals surface area contributed by atoms with Crippen molar-refractivity contribution in [2.45, 2.75) is 0 Å². The molecule has 0 radical (unpaired) electrons. The van der Waals surface area contributed by atoms with Crippen LogP contribution in [0.5, 0.6) is 0 Å². The lowest BCUT2D eigenvalue weighted by Gasteiger charge is -2.02. The molecule has 0 saturated heterocycles. The van der Waals surface area contributed by atoms with Crippen molar-refractivity contribution in [1.82, 2.24) is 0 Å². The monoisotopic (exact) mass is 328 g/mol. The number of aromatic carboxylic acids is 1. The summed E-state index contributed by atoms with van der Waals surface area (Å²) in [7, 11) is 0. The second kappa shape index (κ2) is 7.41. The summed E-state index contributed by atoms with van der Waals surface area (Å²) in [4.78, 5) is 23.1. The van der Waals surface area contributed by atoms with Gasteiger partial charge in [0.25, 0.3) is 0 Å². The van der Waals surface area contributed by atoms with Gasteiger partial charge in [-0.25, -0.2) is 4.79 Å². The highest BCUT2D eigenvalue weighted by molar-refractivity contribution is 6.07. The molecule has 0 atom stereocenters. The standard InChI is InChI=1S/C22H16O3/c23-21(15-8-16-6-9-20(10-7-16)22(24)25)19-13-11-18(12-14-19)17-4-2-1-3-5-17/h1-15H,(H,24,25)/b15-8+. The fraction of sp³-hybridized carbons (Fsp3) is 0. The van der Waals surface area contributed by atoms with Gasteiger partial charge < -0.3 is 5.11 Å². The van der Waals surface area contributed by atoms with E-state index in [0.29, 0.717) is 5.56 Å². The smallest absolute Gasteiger partial charge is 0.335 e. The lowest BCUT2D eigenvalue weighted by molar-refractivity contribution is 0.0696. The van der Waals surface area contributed by atoms with Gasteiger partial charge in [0.05, 0.1) is 5.56 Å². The van der Waals surface area contributed by atoms with E-state index in [2.05, 4.69) is 0 Å². The van der Waals surface area contributed by atoms with Crippen molar-refractivity contribution in [2.24, 2.45) is 0 Å². The first kappa shape index (κ1) is 16.4. The van der Waals surface area contributed by atoms with Crippen molar-refractivity contribution >= 4 is 17.8 Å². The second-order valence-corrected chi connectivity index (χ2v) is 5.57. The highest BCUT2D eigenvalue weighted by Gasteiger charge is 2.04. The fourth-order valence-corrected chi connectivity index (χ4v) is 2.46. The number of carboxylic acids is 1. The van der Waals surface area contributed by atoms with Crippen molar-refractivity contribution in [3.8, 4) is 11.1 Å². The van der Waals surface area contributed by atoms with Crippen LogP contribution in [0.25, 0.3) is 17.2 Å². The largest absolute Gasteiger partial charge is 0.478 e. The SMILES string of the molecule is O=C(O)c1ccc(/C=C/C(=O)c2ccc(-c3ccccc3)cc2)cc1. The van der Waals surface area contributed by atoms with Crippen LogP contribution in [0.2, 0.25) is 0 Å². The number of benzene rings is 3. The van der Waals surface area contributed by atoms with Gasteiger partial charge in [0.2, 0.25) is 0 Å². The van der Waals surface area contributed by atoms with Gasteiger partial charge in [-0.15, -0.1) is 0 Å². The Bertz CT molecular complexity index is 906. The molecule has 0 bridgehead atoms. The molecule has 3 nitrogen and oxygen atoms in total. The molecule has 3 rings (SSSR count). The lowest BCUT2D eigenvalue weighted by atomic mass is 10.0. The van der Waals surface area contributed by atoms with Crippen LogP contribution >= 0.6 is 0 Å². The average Bonchev–Trinajstić information content (AvgIpc) is 2.67. The van der Waals surface area contributed by atoms with Crippen LogP contribution in [0.4, 0.5) is 0 Å². The highest BCUT2D eigenvalue weighted by Crippen LogP contribution is 2.19. The Labute approximate surface area is 145 Å². The number of allylic oxidation sites excluding steroid dienone is 1. The van der Waals surface area contributed by atoms with Gasteiger partial charge >= 0.3 is 5.97 Å². The van der Waals surface area contributed by atoms with Gasteiger partial charge in [-0.3, -0.25) is 4.79 Å². The van der Waals surface area contributed by atoms with Crippen LogP contribution in [-0.2, 0) is 0 Å². The second-order valence-electron chi connectivity index (χ2n) is 5.57. The number of hydrogen-bond donors (Lipinski definition) is 1. The molecule has 0 heterocycles. The molecule has 3 aromatic carbocycles.